The lowest BCUT2D eigenvalue weighted by Gasteiger charge is -2.33. The Morgan fingerprint density at radius 1 is 0.917 bits per heavy atom. The molecule has 0 saturated heterocycles. The highest BCUT2D eigenvalue weighted by Crippen LogP contribution is 2.30. The second kappa shape index (κ2) is 10.8. The van der Waals surface area contributed by atoms with E-state index in [9.17, 15) is 18.7 Å². The first-order valence-electron chi connectivity index (χ1n) is 12.3. The number of ether oxygens (including phenoxy) is 2. The van der Waals surface area contributed by atoms with Crippen molar-refractivity contribution in [3.63, 3.8) is 0 Å². The third kappa shape index (κ3) is 5.74. The second-order valence-corrected chi connectivity index (χ2v) is 9.53. The molecule has 5 rings (SSSR count). The molecule has 2 heterocycles. The Kier molecular flexibility index (Phi) is 7.30. The zero-order valence-corrected chi connectivity index (χ0v) is 19.9. The van der Waals surface area contributed by atoms with Crippen LogP contribution in [0, 0.1) is 11.6 Å². The number of aliphatic hydroxyl groups excluding tert-OH is 1. The number of benzene rings is 3. The number of halogens is 2. The largest absolute Gasteiger partial charge is 0.487 e. The number of Topliss-reactive ketones (excluding diaryl/α,β-unsaturated/α-hetero) is 1. The van der Waals surface area contributed by atoms with Crippen LogP contribution in [0.25, 0.3) is 0 Å². The molecular weight excluding hydrogens is 464 g/mol. The topological polar surface area (TPSA) is 59.0 Å². The van der Waals surface area contributed by atoms with Crippen molar-refractivity contribution in [1.29, 1.82) is 0 Å². The second-order valence-electron chi connectivity index (χ2n) is 9.53. The molecule has 5 nitrogen and oxygen atoms in total. The van der Waals surface area contributed by atoms with Gasteiger partial charge in [-0.1, -0.05) is 30.3 Å². The lowest BCUT2D eigenvalue weighted by Crippen LogP contribution is -2.46. The molecule has 36 heavy (non-hydrogen) atoms. The molecule has 3 atom stereocenters. The van der Waals surface area contributed by atoms with Crippen LogP contribution in [0.2, 0.25) is 0 Å². The van der Waals surface area contributed by atoms with Crippen molar-refractivity contribution in [1.82, 2.24) is 4.90 Å². The fourth-order valence-electron chi connectivity index (χ4n) is 4.96. The van der Waals surface area contributed by atoms with E-state index in [1.165, 1.54) is 24.3 Å². The summed E-state index contributed by atoms with van der Waals surface area (Å²) in [5, 5.41) is 11.1. The molecule has 0 fully saturated rings. The molecule has 0 bridgehead atoms. The van der Waals surface area contributed by atoms with Crippen molar-refractivity contribution >= 4 is 5.78 Å². The van der Waals surface area contributed by atoms with Crippen molar-refractivity contribution in [2.45, 2.75) is 50.5 Å². The minimum atomic E-state index is -0.837. The molecule has 1 N–H and O–H groups in total. The summed E-state index contributed by atoms with van der Waals surface area (Å²) < 4.78 is 39.0. The van der Waals surface area contributed by atoms with Crippen molar-refractivity contribution in [2.24, 2.45) is 0 Å². The molecule has 3 aromatic rings. The Morgan fingerprint density at radius 2 is 1.56 bits per heavy atom. The molecule has 0 spiro atoms. The minimum Gasteiger partial charge on any atom is -0.487 e. The first kappa shape index (κ1) is 24.4. The van der Waals surface area contributed by atoms with Gasteiger partial charge in [0.2, 0.25) is 0 Å². The van der Waals surface area contributed by atoms with Gasteiger partial charge in [0.15, 0.2) is 11.9 Å². The van der Waals surface area contributed by atoms with Gasteiger partial charge in [-0.05, 0) is 78.8 Å². The monoisotopic (exact) mass is 493 g/mol. The summed E-state index contributed by atoms with van der Waals surface area (Å²) in [4.78, 5) is 15.2. The molecular formula is C29H29F2NO4. The predicted molar refractivity (Wildman–Crippen MR) is 131 cm³/mol. The van der Waals surface area contributed by atoms with Crippen molar-refractivity contribution in [3.05, 3.63) is 95.1 Å². The van der Waals surface area contributed by atoms with Gasteiger partial charge in [0.05, 0.1) is 6.54 Å². The van der Waals surface area contributed by atoms with E-state index in [1.54, 1.807) is 12.1 Å². The van der Waals surface area contributed by atoms with E-state index in [2.05, 4.69) is 0 Å². The Balaban J connectivity index is 1.26. The van der Waals surface area contributed by atoms with E-state index in [1.807, 2.05) is 35.2 Å². The number of aliphatic hydroxyl groups is 1. The summed E-state index contributed by atoms with van der Waals surface area (Å²) in [6.07, 6.45) is 0.314. The highest BCUT2D eigenvalue weighted by Gasteiger charge is 2.31. The summed E-state index contributed by atoms with van der Waals surface area (Å²) in [5.41, 5.74) is 2.59. The van der Waals surface area contributed by atoms with Crippen molar-refractivity contribution in [3.8, 4) is 11.5 Å². The number of rotatable bonds is 8. The summed E-state index contributed by atoms with van der Waals surface area (Å²) >= 11 is 0. The number of ketones is 1. The molecule has 0 amide bonds. The third-order valence-corrected chi connectivity index (χ3v) is 6.83. The quantitative estimate of drug-likeness (QED) is 0.501. The number of carbonyl (C=O) groups excluding carboxylic acids is 1. The number of nitrogens with zero attached hydrogens (tertiary/aromatic N) is 1. The normalized spacial score (nSPS) is 19.6. The van der Waals surface area contributed by atoms with Crippen LogP contribution in [-0.2, 0) is 24.2 Å². The van der Waals surface area contributed by atoms with Gasteiger partial charge < -0.3 is 14.6 Å². The summed E-state index contributed by atoms with van der Waals surface area (Å²) in [5.74, 6) is 0.423. The number of hydrogen-bond acceptors (Lipinski definition) is 5. The van der Waals surface area contributed by atoms with E-state index in [4.69, 9.17) is 9.47 Å². The Morgan fingerprint density at radius 3 is 2.25 bits per heavy atom. The maximum atomic E-state index is 13.5. The van der Waals surface area contributed by atoms with Gasteiger partial charge in [0, 0.05) is 13.1 Å². The van der Waals surface area contributed by atoms with Crippen LogP contribution in [-0.4, -0.2) is 47.2 Å². The molecule has 2 aliphatic rings. The lowest BCUT2D eigenvalue weighted by atomic mass is 9.98. The summed E-state index contributed by atoms with van der Waals surface area (Å²) in [7, 11) is 0. The summed E-state index contributed by atoms with van der Waals surface area (Å²) in [6, 6.07) is 18.5. The highest BCUT2D eigenvalue weighted by molar-refractivity contribution is 5.85. The standard InChI is InChI=1S/C29H29F2NO4/c30-22-8-12-26-20(14-22)6-10-28(35-26)24(33)17-32(16-19-4-2-1-3-5-19)18-25(34)29-11-7-21-15-23(31)9-13-27(21)36-29/h1-5,8-9,12-15,24,28-29,33H,6-7,10-11,16-18H2/t24-,28+,29-/m0/s1. The third-order valence-electron chi connectivity index (χ3n) is 6.83. The van der Waals surface area contributed by atoms with Crippen LogP contribution in [0.15, 0.2) is 66.7 Å². The van der Waals surface area contributed by atoms with Crippen molar-refractivity contribution < 1.29 is 28.2 Å². The molecule has 2 aliphatic heterocycles. The Labute approximate surface area is 209 Å². The SMILES string of the molecule is O=C(CN(Cc1ccccc1)C[C@H](O)[C@H]1CCc2cc(F)ccc2O1)[C@@H]1CCc2cc(F)ccc2O1. The van der Waals surface area contributed by atoms with Crippen LogP contribution < -0.4 is 9.47 Å². The number of fused-ring (bicyclic) bond motifs is 2. The van der Waals surface area contributed by atoms with Crippen LogP contribution >= 0.6 is 0 Å². The van der Waals surface area contributed by atoms with Crippen molar-refractivity contribution in [2.75, 3.05) is 13.1 Å². The van der Waals surface area contributed by atoms with E-state index in [0.717, 1.165) is 16.7 Å². The molecule has 188 valence electrons. The number of carbonyl (C=O) groups is 1. The van der Waals surface area contributed by atoms with Gasteiger partial charge in [-0.3, -0.25) is 9.69 Å². The van der Waals surface area contributed by atoms with Gasteiger partial charge in [0.1, 0.15) is 35.3 Å². The lowest BCUT2D eigenvalue weighted by molar-refractivity contribution is -0.128. The average Bonchev–Trinajstić information content (AvgIpc) is 2.88. The van der Waals surface area contributed by atoms with E-state index < -0.39 is 18.3 Å². The molecule has 0 radical (unpaired) electrons. The minimum absolute atomic E-state index is 0.0847. The number of hydrogen-bond donors (Lipinski definition) is 1. The van der Waals surface area contributed by atoms with Gasteiger partial charge in [0.25, 0.3) is 0 Å². The Bertz CT molecular complexity index is 1220. The smallest absolute Gasteiger partial charge is 0.187 e. The molecule has 0 unspecified atom stereocenters. The fraction of sp³-hybridized carbons (Fsp3) is 0.345. The number of aryl methyl sites for hydroxylation is 2. The van der Waals surface area contributed by atoms with Gasteiger partial charge in [-0.2, -0.15) is 0 Å². The van der Waals surface area contributed by atoms with Crippen LogP contribution in [0.1, 0.15) is 29.5 Å². The molecule has 0 saturated carbocycles. The van der Waals surface area contributed by atoms with E-state index in [-0.39, 0.29) is 30.5 Å². The average molecular weight is 494 g/mol. The predicted octanol–water partition coefficient (Wildman–Crippen LogP) is 4.48. The zero-order valence-electron chi connectivity index (χ0n) is 19.9. The Hall–Kier alpha value is -3.29. The van der Waals surface area contributed by atoms with Gasteiger partial charge in [-0.15, -0.1) is 0 Å². The van der Waals surface area contributed by atoms with Crippen LogP contribution in [0.4, 0.5) is 8.78 Å². The maximum Gasteiger partial charge on any atom is 0.187 e. The summed E-state index contributed by atoms with van der Waals surface area (Å²) in [6.45, 7) is 0.810. The molecule has 0 aromatic heterocycles. The van der Waals surface area contributed by atoms with Gasteiger partial charge in [-0.25, -0.2) is 8.78 Å². The fourth-order valence-corrected chi connectivity index (χ4v) is 4.96. The van der Waals surface area contributed by atoms with Crippen LogP contribution in [0.3, 0.4) is 0 Å². The van der Waals surface area contributed by atoms with Gasteiger partial charge >= 0.3 is 0 Å². The first-order valence-corrected chi connectivity index (χ1v) is 12.3. The maximum absolute atomic E-state index is 13.5. The molecule has 0 aliphatic carbocycles. The zero-order chi connectivity index (χ0) is 25.1. The van der Waals surface area contributed by atoms with E-state index in [0.29, 0.717) is 43.7 Å². The highest BCUT2D eigenvalue weighted by atomic mass is 19.1. The van der Waals surface area contributed by atoms with E-state index >= 15 is 0 Å². The first-order chi connectivity index (χ1) is 17.4. The molecule has 3 aromatic carbocycles. The molecule has 7 heteroatoms. The van der Waals surface area contributed by atoms with Crippen LogP contribution in [0.5, 0.6) is 11.5 Å².